The van der Waals surface area contributed by atoms with Crippen LogP contribution in [-0.4, -0.2) is 22.7 Å². The Labute approximate surface area is 125 Å². The van der Waals surface area contributed by atoms with Crippen LogP contribution in [0.1, 0.15) is 43.2 Å². The minimum absolute atomic E-state index is 0.509. The van der Waals surface area contributed by atoms with Crippen molar-refractivity contribution in [3.05, 3.63) is 35.4 Å². The van der Waals surface area contributed by atoms with Gasteiger partial charge in [-0.05, 0) is 25.3 Å². The topological polar surface area (TPSA) is 36.8 Å². The number of aryl methyl sites for hydroxylation is 1. The molecule has 0 bridgehead atoms. The Morgan fingerprint density at radius 2 is 1.90 bits per heavy atom. The Morgan fingerprint density at radius 3 is 2.55 bits per heavy atom. The fourth-order valence-corrected chi connectivity index (χ4v) is 3.49. The Bertz CT molecular complexity index is 513. The predicted octanol–water partition coefficient (Wildman–Crippen LogP) is 3.72. The van der Waals surface area contributed by atoms with E-state index in [9.17, 15) is 0 Å². The molecule has 3 nitrogen and oxygen atoms in total. The van der Waals surface area contributed by atoms with Crippen molar-refractivity contribution in [2.45, 2.75) is 45.1 Å². The molecule has 1 aromatic carbocycles. The maximum atomic E-state index is 4.80. The van der Waals surface area contributed by atoms with E-state index in [1.165, 1.54) is 43.2 Å². The van der Waals surface area contributed by atoms with Crippen molar-refractivity contribution in [1.29, 1.82) is 0 Å². The Balaban J connectivity index is 1.65. The third-order valence-electron chi connectivity index (χ3n) is 3.89. The van der Waals surface area contributed by atoms with Crippen LogP contribution in [0.2, 0.25) is 0 Å². The van der Waals surface area contributed by atoms with Gasteiger partial charge in [0.2, 0.25) is 0 Å². The van der Waals surface area contributed by atoms with Crippen LogP contribution in [0.4, 0.5) is 0 Å². The molecule has 0 saturated heterocycles. The zero-order chi connectivity index (χ0) is 13.8. The van der Waals surface area contributed by atoms with Crippen molar-refractivity contribution in [1.82, 2.24) is 5.43 Å². The number of thioether (sulfide) groups is 1. The van der Waals surface area contributed by atoms with Crippen LogP contribution >= 0.6 is 11.8 Å². The molecule has 1 aromatic rings. The molecule has 1 aliphatic carbocycles. The fourth-order valence-electron chi connectivity index (χ4n) is 2.65. The minimum Gasteiger partial charge on any atom is -0.258 e. The molecule has 1 heterocycles. The molecule has 106 valence electrons. The third kappa shape index (κ3) is 3.42. The molecule has 1 saturated carbocycles. The van der Waals surface area contributed by atoms with Gasteiger partial charge in [0.1, 0.15) is 0 Å². The van der Waals surface area contributed by atoms with E-state index < -0.39 is 0 Å². The normalized spacial score (nSPS) is 22.4. The summed E-state index contributed by atoms with van der Waals surface area (Å²) in [5, 5.41) is 5.48. The molecule has 3 rings (SSSR count). The SMILES string of the molecule is Cc1ccc(C2=NNC(=NC3CCCCC3)SC2)cc1. The summed E-state index contributed by atoms with van der Waals surface area (Å²) in [5.41, 5.74) is 6.72. The lowest BCUT2D eigenvalue weighted by molar-refractivity contribution is 0.443. The second-order valence-electron chi connectivity index (χ2n) is 5.55. The average Bonchev–Trinajstić information content (AvgIpc) is 2.50. The molecule has 4 heteroatoms. The zero-order valence-corrected chi connectivity index (χ0v) is 12.7. The monoisotopic (exact) mass is 287 g/mol. The van der Waals surface area contributed by atoms with Crippen molar-refractivity contribution >= 4 is 22.6 Å². The second kappa shape index (κ2) is 6.44. The molecule has 1 aliphatic heterocycles. The minimum atomic E-state index is 0.509. The van der Waals surface area contributed by atoms with Crippen LogP contribution in [-0.2, 0) is 0 Å². The van der Waals surface area contributed by atoms with Crippen molar-refractivity contribution < 1.29 is 0 Å². The van der Waals surface area contributed by atoms with Gasteiger partial charge in [0.25, 0.3) is 0 Å². The van der Waals surface area contributed by atoms with Crippen LogP contribution in [0, 0.1) is 6.92 Å². The first-order chi connectivity index (χ1) is 9.81. The van der Waals surface area contributed by atoms with E-state index in [4.69, 9.17) is 4.99 Å². The van der Waals surface area contributed by atoms with Crippen LogP contribution in [0.5, 0.6) is 0 Å². The molecule has 2 aliphatic rings. The van der Waals surface area contributed by atoms with Gasteiger partial charge in [-0.1, -0.05) is 60.9 Å². The van der Waals surface area contributed by atoms with Crippen molar-refractivity contribution in [3.63, 3.8) is 0 Å². The maximum absolute atomic E-state index is 4.80. The number of hydrogen-bond acceptors (Lipinski definition) is 3. The standard InChI is InChI=1S/C16H21N3S/c1-12-7-9-13(10-8-12)15-11-20-16(19-18-15)17-14-5-3-2-4-6-14/h7-10,14H,2-6,11H2,1H3,(H,17,19). The third-order valence-corrected chi connectivity index (χ3v) is 4.78. The molecule has 0 amide bonds. The Kier molecular flexibility index (Phi) is 4.41. The maximum Gasteiger partial charge on any atom is 0.177 e. The van der Waals surface area contributed by atoms with Gasteiger partial charge < -0.3 is 0 Å². The molecular weight excluding hydrogens is 266 g/mol. The summed E-state index contributed by atoms with van der Waals surface area (Å²) in [7, 11) is 0. The lowest BCUT2D eigenvalue weighted by Gasteiger charge is -2.21. The van der Waals surface area contributed by atoms with Gasteiger partial charge in [0, 0.05) is 5.75 Å². The number of aliphatic imine (C=N–C) groups is 1. The van der Waals surface area contributed by atoms with Gasteiger partial charge in [0.05, 0.1) is 11.8 Å². The summed E-state index contributed by atoms with van der Waals surface area (Å²) < 4.78 is 0. The van der Waals surface area contributed by atoms with E-state index >= 15 is 0 Å². The summed E-state index contributed by atoms with van der Waals surface area (Å²) in [6.45, 7) is 2.11. The van der Waals surface area contributed by atoms with Gasteiger partial charge in [-0.2, -0.15) is 5.10 Å². The van der Waals surface area contributed by atoms with Crippen LogP contribution < -0.4 is 5.43 Å². The van der Waals surface area contributed by atoms with Crippen LogP contribution in [0.3, 0.4) is 0 Å². The van der Waals surface area contributed by atoms with E-state index in [0.717, 1.165) is 16.6 Å². The van der Waals surface area contributed by atoms with Crippen molar-refractivity contribution in [2.75, 3.05) is 5.75 Å². The molecule has 0 spiro atoms. The van der Waals surface area contributed by atoms with E-state index in [1.54, 1.807) is 11.8 Å². The highest BCUT2D eigenvalue weighted by Gasteiger charge is 2.16. The largest absolute Gasteiger partial charge is 0.258 e. The highest BCUT2D eigenvalue weighted by Crippen LogP contribution is 2.22. The highest BCUT2D eigenvalue weighted by molar-refractivity contribution is 8.14. The number of rotatable bonds is 2. The summed E-state index contributed by atoms with van der Waals surface area (Å²) in [5.74, 6) is 0.904. The zero-order valence-electron chi connectivity index (χ0n) is 11.9. The molecule has 0 atom stereocenters. The van der Waals surface area contributed by atoms with Gasteiger partial charge in [-0.15, -0.1) is 0 Å². The molecule has 1 fully saturated rings. The second-order valence-corrected chi connectivity index (χ2v) is 6.52. The molecule has 1 N–H and O–H groups in total. The number of hydrogen-bond donors (Lipinski definition) is 1. The first-order valence-corrected chi connectivity index (χ1v) is 8.40. The smallest absolute Gasteiger partial charge is 0.177 e. The van der Waals surface area contributed by atoms with E-state index in [-0.39, 0.29) is 0 Å². The molecule has 0 unspecified atom stereocenters. The number of amidine groups is 1. The highest BCUT2D eigenvalue weighted by atomic mass is 32.2. The van der Waals surface area contributed by atoms with E-state index in [0.29, 0.717) is 6.04 Å². The van der Waals surface area contributed by atoms with Crippen molar-refractivity contribution in [3.8, 4) is 0 Å². The molecule has 0 radical (unpaired) electrons. The van der Waals surface area contributed by atoms with Gasteiger partial charge in [-0.25, -0.2) is 0 Å². The Morgan fingerprint density at radius 1 is 1.15 bits per heavy atom. The van der Waals surface area contributed by atoms with Gasteiger partial charge in [0.15, 0.2) is 5.17 Å². The first kappa shape index (κ1) is 13.7. The lowest BCUT2D eigenvalue weighted by atomic mass is 9.96. The number of hydrazone groups is 1. The summed E-state index contributed by atoms with van der Waals surface area (Å²) in [6, 6.07) is 9.05. The number of nitrogens with one attached hydrogen (secondary N) is 1. The number of benzene rings is 1. The van der Waals surface area contributed by atoms with E-state index in [2.05, 4.69) is 41.7 Å². The quantitative estimate of drug-likeness (QED) is 0.900. The van der Waals surface area contributed by atoms with E-state index in [1.807, 2.05) is 0 Å². The molecular formula is C16H21N3S. The summed E-state index contributed by atoms with van der Waals surface area (Å²) >= 11 is 1.77. The van der Waals surface area contributed by atoms with Crippen LogP contribution in [0.15, 0.2) is 34.4 Å². The van der Waals surface area contributed by atoms with Gasteiger partial charge in [-0.3, -0.25) is 10.4 Å². The summed E-state index contributed by atoms with van der Waals surface area (Å²) in [6.07, 6.45) is 6.49. The van der Waals surface area contributed by atoms with Gasteiger partial charge >= 0.3 is 0 Å². The predicted molar refractivity (Wildman–Crippen MR) is 87.6 cm³/mol. The fraction of sp³-hybridized carbons (Fsp3) is 0.500. The Hall–Kier alpha value is -1.29. The average molecular weight is 287 g/mol. The lowest BCUT2D eigenvalue weighted by Crippen LogP contribution is -2.27. The number of nitrogens with zero attached hydrogens (tertiary/aromatic N) is 2. The molecule has 0 aromatic heterocycles. The van der Waals surface area contributed by atoms with Crippen LogP contribution in [0.25, 0.3) is 0 Å². The first-order valence-electron chi connectivity index (χ1n) is 7.41. The summed E-state index contributed by atoms with van der Waals surface area (Å²) in [4.78, 5) is 4.80. The molecule has 20 heavy (non-hydrogen) atoms. The van der Waals surface area contributed by atoms with Crippen molar-refractivity contribution in [2.24, 2.45) is 10.1 Å².